The standard InChI is InChI=1S/C16H23N3O2/c1-3-6-17-15-7-11(2)18-8-14(15)16(20)19-9-12-4-5-13(10-19)21-12/h7-8,12-13H,3-6,9-10H2,1-2H3,(H,17,18). The van der Waals surface area contributed by atoms with Crippen molar-refractivity contribution in [3.05, 3.63) is 23.5 Å². The Bertz CT molecular complexity index is 520. The Morgan fingerprint density at radius 1 is 1.43 bits per heavy atom. The van der Waals surface area contributed by atoms with E-state index in [9.17, 15) is 4.79 Å². The normalized spacial score (nSPS) is 24.2. The smallest absolute Gasteiger partial charge is 0.257 e. The molecular weight excluding hydrogens is 266 g/mol. The number of hydrogen-bond donors (Lipinski definition) is 1. The number of rotatable bonds is 4. The highest BCUT2D eigenvalue weighted by Gasteiger charge is 2.36. The van der Waals surface area contributed by atoms with Crippen molar-refractivity contribution >= 4 is 11.6 Å². The van der Waals surface area contributed by atoms with E-state index in [4.69, 9.17) is 4.74 Å². The molecule has 1 amide bonds. The minimum atomic E-state index is 0.0707. The highest BCUT2D eigenvalue weighted by molar-refractivity contribution is 5.99. The number of morpholine rings is 1. The van der Waals surface area contributed by atoms with Crippen LogP contribution < -0.4 is 5.32 Å². The van der Waals surface area contributed by atoms with Crippen molar-refractivity contribution in [2.45, 2.75) is 45.3 Å². The van der Waals surface area contributed by atoms with E-state index < -0.39 is 0 Å². The first-order chi connectivity index (χ1) is 10.2. The first-order valence-electron chi connectivity index (χ1n) is 7.82. The average molecular weight is 289 g/mol. The summed E-state index contributed by atoms with van der Waals surface area (Å²) >= 11 is 0. The van der Waals surface area contributed by atoms with Crippen molar-refractivity contribution in [3.63, 3.8) is 0 Å². The molecular formula is C16H23N3O2. The Hall–Kier alpha value is -1.62. The van der Waals surface area contributed by atoms with Crippen molar-refractivity contribution in [1.29, 1.82) is 0 Å². The zero-order valence-corrected chi connectivity index (χ0v) is 12.8. The van der Waals surface area contributed by atoms with Crippen LogP contribution in [0.15, 0.2) is 12.3 Å². The SMILES string of the molecule is CCCNc1cc(C)ncc1C(=O)N1CC2CCC(C1)O2. The van der Waals surface area contributed by atoms with Gasteiger partial charge in [-0.3, -0.25) is 9.78 Å². The predicted octanol–water partition coefficient (Wildman–Crippen LogP) is 2.22. The number of pyridine rings is 1. The first-order valence-corrected chi connectivity index (χ1v) is 7.82. The minimum Gasteiger partial charge on any atom is -0.384 e. The summed E-state index contributed by atoms with van der Waals surface area (Å²) in [5.74, 6) is 0.0707. The molecule has 0 radical (unpaired) electrons. The number of likely N-dealkylation sites (tertiary alicyclic amines) is 1. The summed E-state index contributed by atoms with van der Waals surface area (Å²) in [5, 5.41) is 3.34. The Labute approximate surface area is 125 Å². The van der Waals surface area contributed by atoms with Gasteiger partial charge in [-0.25, -0.2) is 0 Å². The Balaban J connectivity index is 1.80. The molecule has 5 heteroatoms. The number of ether oxygens (including phenoxy) is 1. The van der Waals surface area contributed by atoms with Crippen LogP contribution in [0.5, 0.6) is 0 Å². The molecule has 2 bridgehead atoms. The van der Waals surface area contributed by atoms with Crippen LogP contribution in [0, 0.1) is 6.92 Å². The summed E-state index contributed by atoms with van der Waals surface area (Å²) in [5.41, 5.74) is 2.50. The molecule has 3 rings (SSSR count). The van der Waals surface area contributed by atoms with Gasteiger partial charge in [-0.2, -0.15) is 0 Å². The van der Waals surface area contributed by atoms with Crippen LogP contribution in [-0.2, 0) is 4.74 Å². The molecule has 2 aliphatic heterocycles. The van der Waals surface area contributed by atoms with Gasteiger partial charge in [-0.15, -0.1) is 0 Å². The maximum Gasteiger partial charge on any atom is 0.257 e. The zero-order valence-electron chi connectivity index (χ0n) is 12.8. The van der Waals surface area contributed by atoms with Crippen molar-refractivity contribution in [2.24, 2.45) is 0 Å². The van der Waals surface area contributed by atoms with Crippen molar-refractivity contribution in [3.8, 4) is 0 Å². The summed E-state index contributed by atoms with van der Waals surface area (Å²) in [6, 6.07) is 1.96. The second kappa shape index (κ2) is 6.02. The highest BCUT2D eigenvalue weighted by Crippen LogP contribution is 2.28. The second-order valence-electron chi connectivity index (χ2n) is 5.97. The lowest BCUT2D eigenvalue weighted by atomic mass is 10.1. The Morgan fingerprint density at radius 2 is 2.14 bits per heavy atom. The number of fused-ring (bicyclic) bond motifs is 2. The monoisotopic (exact) mass is 289 g/mol. The number of aromatic nitrogens is 1. The molecule has 1 aromatic rings. The Kier molecular flexibility index (Phi) is 4.10. The van der Waals surface area contributed by atoms with E-state index in [2.05, 4.69) is 17.2 Å². The molecule has 2 unspecified atom stereocenters. The van der Waals surface area contributed by atoms with Crippen LogP contribution in [0.1, 0.15) is 42.2 Å². The fourth-order valence-corrected chi connectivity index (χ4v) is 3.09. The molecule has 2 fully saturated rings. The van der Waals surface area contributed by atoms with Crippen LogP contribution in [0.25, 0.3) is 0 Å². The van der Waals surface area contributed by atoms with Crippen LogP contribution in [0.4, 0.5) is 5.69 Å². The summed E-state index contributed by atoms with van der Waals surface area (Å²) < 4.78 is 5.80. The largest absolute Gasteiger partial charge is 0.384 e. The van der Waals surface area contributed by atoms with E-state index in [-0.39, 0.29) is 18.1 Å². The van der Waals surface area contributed by atoms with E-state index in [1.165, 1.54) is 0 Å². The van der Waals surface area contributed by atoms with E-state index in [0.717, 1.165) is 37.2 Å². The molecule has 3 heterocycles. The third-order valence-electron chi connectivity index (χ3n) is 4.17. The molecule has 1 N–H and O–H groups in total. The number of hydrogen-bond acceptors (Lipinski definition) is 4. The summed E-state index contributed by atoms with van der Waals surface area (Å²) in [6.07, 6.45) is 5.31. The summed E-state index contributed by atoms with van der Waals surface area (Å²) in [7, 11) is 0. The van der Waals surface area contributed by atoms with Gasteiger partial charge < -0.3 is 15.0 Å². The van der Waals surface area contributed by atoms with E-state index in [1.807, 2.05) is 17.9 Å². The third kappa shape index (κ3) is 3.02. The number of nitrogens with zero attached hydrogens (tertiary/aromatic N) is 2. The van der Waals surface area contributed by atoms with Crippen LogP contribution >= 0.6 is 0 Å². The molecule has 1 aromatic heterocycles. The van der Waals surface area contributed by atoms with E-state index in [0.29, 0.717) is 18.7 Å². The lowest BCUT2D eigenvalue weighted by molar-refractivity contribution is -0.0303. The number of aryl methyl sites for hydroxylation is 1. The quantitative estimate of drug-likeness (QED) is 0.923. The molecule has 2 atom stereocenters. The van der Waals surface area contributed by atoms with E-state index >= 15 is 0 Å². The number of anilines is 1. The molecule has 0 saturated carbocycles. The number of amides is 1. The van der Waals surface area contributed by atoms with Gasteiger partial charge in [0, 0.05) is 31.5 Å². The topological polar surface area (TPSA) is 54.5 Å². The molecule has 21 heavy (non-hydrogen) atoms. The van der Waals surface area contributed by atoms with Gasteiger partial charge in [0.1, 0.15) is 0 Å². The molecule has 114 valence electrons. The van der Waals surface area contributed by atoms with Crippen molar-refractivity contribution < 1.29 is 9.53 Å². The van der Waals surface area contributed by atoms with Crippen LogP contribution in [-0.4, -0.2) is 47.6 Å². The molecule has 5 nitrogen and oxygen atoms in total. The molecule has 0 aromatic carbocycles. The van der Waals surface area contributed by atoms with E-state index in [1.54, 1.807) is 6.20 Å². The predicted molar refractivity (Wildman–Crippen MR) is 81.6 cm³/mol. The number of carbonyl (C=O) groups excluding carboxylic acids is 1. The number of carbonyl (C=O) groups is 1. The van der Waals surface area contributed by atoms with Crippen molar-refractivity contribution in [2.75, 3.05) is 25.0 Å². The van der Waals surface area contributed by atoms with Gasteiger partial charge in [-0.05, 0) is 32.3 Å². The molecule has 2 saturated heterocycles. The third-order valence-corrected chi connectivity index (χ3v) is 4.17. The highest BCUT2D eigenvalue weighted by atomic mass is 16.5. The maximum absolute atomic E-state index is 12.8. The minimum absolute atomic E-state index is 0.0707. The lowest BCUT2D eigenvalue weighted by Gasteiger charge is -2.32. The molecule has 2 aliphatic rings. The van der Waals surface area contributed by atoms with Crippen molar-refractivity contribution in [1.82, 2.24) is 9.88 Å². The fraction of sp³-hybridized carbons (Fsp3) is 0.625. The van der Waals surface area contributed by atoms with Gasteiger partial charge >= 0.3 is 0 Å². The second-order valence-corrected chi connectivity index (χ2v) is 5.97. The van der Waals surface area contributed by atoms with Gasteiger partial charge in [0.2, 0.25) is 0 Å². The zero-order chi connectivity index (χ0) is 14.8. The molecule has 0 spiro atoms. The Morgan fingerprint density at radius 3 is 2.81 bits per heavy atom. The summed E-state index contributed by atoms with van der Waals surface area (Å²) in [6.45, 7) is 6.33. The van der Waals surface area contributed by atoms with Gasteiger partial charge in [0.05, 0.1) is 23.5 Å². The van der Waals surface area contributed by atoms with Gasteiger partial charge in [0.25, 0.3) is 5.91 Å². The first kappa shape index (κ1) is 14.3. The van der Waals surface area contributed by atoms with Gasteiger partial charge in [-0.1, -0.05) is 6.92 Å². The lowest BCUT2D eigenvalue weighted by Crippen LogP contribution is -2.46. The van der Waals surface area contributed by atoms with Gasteiger partial charge in [0.15, 0.2) is 0 Å². The number of nitrogens with one attached hydrogen (secondary N) is 1. The van der Waals surface area contributed by atoms with Crippen LogP contribution in [0.3, 0.4) is 0 Å². The summed E-state index contributed by atoms with van der Waals surface area (Å²) in [4.78, 5) is 19.0. The maximum atomic E-state index is 12.8. The molecule has 0 aliphatic carbocycles. The fourth-order valence-electron chi connectivity index (χ4n) is 3.09. The van der Waals surface area contributed by atoms with Crippen LogP contribution in [0.2, 0.25) is 0 Å². The average Bonchev–Trinajstić information content (AvgIpc) is 2.83.